The van der Waals surface area contributed by atoms with Crippen molar-refractivity contribution in [2.75, 3.05) is 45.8 Å². The number of carbonyl (C=O) groups is 1. The maximum atomic E-state index is 14.1. The average molecular weight is 496 g/mol. The van der Waals surface area contributed by atoms with Crippen LogP contribution in [0.5, 0.6) is 11.5 Å². The van der Waals surface area contributed by atoms with Gasteiger partial charge in [-0.1, -0.05) is 6.07 Å². The van der Waals surface area contributed by atoms with Gasteiger partial charge in [-0.3, -0.25) is 4.79 Å². The molecule has 0 radical (unpaired) electrons. The molecular weight excluding hydrogens is 469 g/mol. The molecule has 2 saturated heterocycles. The zero-order valence-electron chi connectivity index (χ0n) is 19.4. The van der Waals surface area contributed by atoms with Gasteiger partial charge in [0.05, 0.1) is 33.5 Å². The second-order valence-corrected chi connectivity index (χ2v) is 8.86. The van der Waals surface area contributed by atoms with Gasteiger partial charge in [-0.15, -0.1) is 0 Å². The van der Waals surface area contributed by atoms with Crippen LogP contribution in [0.2, 0.25) is 0 Å². The van der Waals surface area contributed by atoms with E-state index >= 15 is 0 Å². The first-order valence-electron chi connectivity index (χ1n) is 11.4. The number of likely N-dealkylation sites (tertiary alicyclic amines) is 1. The molecule has 0 bridgehead atoms. The van der Waals surface area contributed by atoms with E-state index in [0.717, 1.165) is 4.68 Å². The molecule has 9 nitrogen and oxygen atoms in total. The molecule has 35 heavy (non-hydrogen) atoms. The quantitative estimate of drug-likeness (QED) is 0.693. The number of carbonyl (C=O) groups excluding carboxylic acids is 1. The van der Waals surface area contributed by atoms with Crippen LogP contribution >= 0.6 is 0 Å². The van der Waals surface area contributed by atoms with Crippen LogP contribution in [0.25, 0.3) is 0 Å². The zero-order chi connectivity index (χ0) is 24.8. The lowest BCUT2D eigenvalue weighted by atomic mass is 9.96. The van der Waals surface area contributed by atoms with Crippen molar-refractivity contribution in [3.05, 3.63) is 35.5 Å². The first-order valence-corrected chi connectivity index (χ1v) is 11.4. The average Bonchev–Trinajstić information content (AvgIpc) is 3.49. The Morgan fingerprint density at radius 3 is 2.43 bits per heavy atom. The van der Waals surface area contributed by atoms with Gasteiger partial charge in [0.25, 0.3) is 5.91 Å². The van der Waals surface area contributed by atoms with E-state index in [2.05, 4.69) is 10.4 Å². The molecule has 1 aromatic heterocycles. The van der Waals surface area contributed by atoms with Gasteiger partial charge in [0.1, 0.15) is 5.82 Å². The number of fused-ring (bicyclic) bond motifs is 1. The lowest BCUT2D eigenvalue weighted by molar-refractivity contribution is -0.181. The molecule has 0 unspecified atom stereocenters. The van der Waals surface area contributed by atoms with Crippen molar-refractivity contribution in [2.24, 2.45) is 0 Å². The Morgan fingerprint density at radius 1 is 1.11 bits per heavy atom. The molecule has 1 N–H and O–H groups in total. The summed E-state index contributed by atoms with van der Waals surface area (Å²) in [6.07, 6.45) is -3.82. The minimum atomic E-state index is -4.55. The predicted molar refractivity (Wildman–Crippen MR) is 118 cm³/mol. The Labute approximate surface area is 200 Å². The van der Waals surface area contributed by atoms with E-state index in [1.807, 2.05) is 0 Å². The highest BCUT2D eigenvalue weighted by molar-refractivity contribution is 5.93. The number of aromatic nitrogens is 2. The molecule has 2 aromatic rings. The normalized spacial score (nSPS) is 23.6. The van der Waals surface area contributed by atoms with E-state index in [1.165, 1.54) is 20.3 Å². The van der Waals surface area contributed by atoms with E-state index in [0.29, 0.717) is 56.2 Å². The van der Waals surface area contributed by atoms with Crippen molar-refractivity contribution in [1.29, 1.82) is 0 Å². The van der Waals surface area contributed by atoms with Crippen LogP contribution in [-0.2, 0) is 9.47 Å². The fourth-order valence-electron chi connectivity index (χ4n) is 4.96. The van der Waals surface area contributed by atoms with Crippen molar-refractivity contribution < 1.29 is 36.9 Å². The largest absolute Gasteiger partial charge is 0.493 e. The number of nitrogens with one attached hydrogen (secondary N) is 1. The van der Waals surface area contributed by atoms with Gasteiger partial charge >= 0.3 is 6.18 Å². The predicted octanol–water partition coefficient (Wildman–Crippen LogP) is 3.54. The lowest BCUT2D eigenvalue weighted by Gasteiger charge is -2.37. The van der Waals surface area contributed by atoms with Crippen molar-refractivity contribution >= 4 is 11.7 Å². The highest BCUT2D eigenvalue weighted by Crippen LogP contribution is 2.45. The molecule has 3 aliphatic rings. The van der Waals surface area contributed by atoms with E-state index in [4.69, 9.17) is 18.9 Å². The van der Waals surface area contributed by atoms with E-state index < -0.39 is 30.0 Å². The van der Waals surface area contributed by atoms with Gasteiger partial charge in [0, 0.05) is 38.4 Å². The number of halogens is 3. The fraction of sp³-hybridized carbons (Fsp3) is 0.565. The van der Waals surface area contributed by atoms with Gasteiger partial charge in [0.2, 0.25) is 0 Å². The van der Waals surface area contributed by atoms with Crippen LogP contribution in [0.4, 0.5) is 19.0 Å². The van der Waals surface area contributed by atoms with Gasteiger partial charge in [-0.05, 0) is 17.7 Å². The van der Waals surface area contributed by atoms with Crippen molar-refractivity contribution in [3.8, 4) is 11.5 Å². The number of rotatable bonds is 4. The van der Waals surface area contributed by atoms with Gasteiger partial charge in [-0.2, -0.15) is 18.3 Å². The first kappa shape index (κ1) is 23.7. The summed E-state index contributed by atoms with van der Waals surface area (Å²) >= 11 is 0. The summed E-state index contributed by atoms with van der Waals surface area (Å²) in [6.45, 7) is 1.80. The number of alkyl halides is 3. The van der Waals surface area contributed by atoms with Crippen LogP contribution in [0, 0.1) is 0 Å². The summed E-state index contributed by atoms with van der Waals surface area (Å²) in [4.78, 5) is 14.7. The van der Waals surface area contributed by atoms with E-state index in [-0.39, 0.29) is 17.9 Å². The molecule has 3 aliphatic heterocycles. The number of nitrogens with zero attached hydrogens (tertiary/aromatic N) is 3. The SMILES string of the molecule is COc1ccc([C@H]2C[C@@H](C(F)(F)F)n3nc(C(=O)N4CCC5(CC4)OCCO5)cc3N2)cc1OC. The molecule has 5 rings (SSSR count). The topological polar surface area (TPSA) is 87.1 Å². The molecule has 1 amide bonds. The number of amides is 1. The third-order valence-corrected chi connectivity index (χ3v) is 6.84. The highest BCUT2D eigenvalue weighted by atomic mass is 19.4. The van der Waals surface area contributed by atoms with Crippen LogP contribution < -0.4 is 14.8 Å². The first-order chi connectivity index (χ1) is 16.7. The lowest BCUT2D eigenvalue weighted by Crippen LogP contribution is -2.47. The van der Waals surface area contributed by atoms with Crippen molar-refractivity contribution in [1.82, 2.24) is 14.7 Å². The molecule has 4 heterocycles. The molecular formula is C23H27F3N4O5. The molecule has 2 atom stereocenters. The number of hydrogen-bond donors (Lipinski definition) is 1. The van der Waals surface area contributed by atoms with Crippen molar-refractivity contribution in [3.63, 3.8) is 0 Å². The van der Waals surface area contributed by atoms with Crippen LogP contribution in [-0.4, -0.2) is 73.1 Å². The van der Waals surface area contributed by atoms with Crippen LogP contribution in [0.1, 0.15) is 47.4 Å². The van der Waals surface area contributed by atoms with Gasteiger partial charge in [0.15, 0.2) is 29.0 Å². The standard InChI is InChI=1S/C23H27F3N4O5/c1-32-17-4-3-14(11-18(17)33-2)15-12-19(23(24,25)26)30-20(27-15)13-16(28-30)21(31)29-7-5-22(6-8-29)34-9-10-35-22/h3-4,11,13,15,19,27H,5-10,12H2,1-2H3/t15-,19+/m1/s1. The summed E-state index contributed by atoms with van der Waals surface area (Å²) in [5.41, 5.74) is 0.578. The molecule has 0 saturated carbocycles. The number of hydrogen-bond acceptors (Lipinski definition) is 7. The summed E-state index contributed by atoms with van der Waals surface area (Å²) in [5, 5.41) is 7.20. The maximum absolute atomic E-state index is 14.1. The fourth-order valence-corrected chi connectivity index (χ4v) is 4.96. The summed E-state index contributed by atoms with van der Waals surface area (Å²) in [7, 11) is 2.96. The molecule has 0 aliphatic carbocycles. The molecule has 12 heteroatoms. The third kappa shape index (κ3) is 4.40. The monoisotopic (exact) mass is 496 g/mol. The minimum absolute atomic E-state index is 0.0288. The third-order valence-electron chi connectivity index (χ3n) is 6.84. The molecule has 2 fully saturated rings. The number of benzene rings is 1. The zero-order valence-corrected chi connectivity index (χ0v) is 19.4. The summed E-state index contributed by atoms with van der Waals surface area (Å²) in [5.74, 6) is -0.0277. The number of methoxy groups -OCH3 is 2. The Kier molecular flexibility index (Phi) is 6.04. The minimum Gasteiger partial charge on any atom is -0.493 e. The van der Waals surface area contributed by atoms with E-state index in [9.17, 15) is 18.0 Å². The molecule has 190 valence electrons. The van der Waals surface area contributed by atoms with Gasteiger partial charge < -0.3 is 29.2 Å². The van der Waals surface area contributed by atoms with Crippen molar-refractivity contribution in [2.45, 2.75) is 43.3 Å². The molecule has 1 spiro atoms. The second-order valence-electron chi connectivity index (χ2n) is 8.86. The smallest absolute Gasteiger partial charge is 0.410 e. The number of ether oxygens (including phenoxy) is 4. The summed E-state index contributed by atoms with van der Waals surface area (Å²) < 4.78 is 64.9. The number of anilines is 1. The number of piperidine rings is 1. The Bertz CT molecular complexity index is 1090. The second kappa shape index (κ2) is 8.90. The van der Waals surface area contributed by atoms with E-state index in [1.54, 1.807) is 23.1 Å². The van der Waals surface area contributed by atoms with Crippen LogP contribution in [0.15, 0.2) is 24.3 Å². The van der Waals surface area contributed by atoms with Gasteiger partial charge in [-0.25, -0.2) is 4.68 Å². The maximum Gasteiger partial charge on any atom is 0.410 e. The Balaban J connectivity index is 1.39. The Morgan fingerprint density at radius 2 is 1.80 bits per heavy atom. The summed E-state index contributed by atoms with van der Waals surface area (Å²) in [6, 6.07) is 3.84. The Hall–Kier alpha value is -2.99. The van der Waals surface area contributed by atoms with Crippen LogP contribution in [0.3, 0.4) is 0 Å². The molecule has 1 aromatic carbocycles. The highest BCUT2D eigenvalue weighted by Gasteiger charge is 2.47.